The molecule has 1 saturated carbocycles. The number of carbonyl (C=O) groups excluding carboxylic acids is 1. The van der Waals surface area contributed by atoms with E-state index in [1.54, 1.807) is 0 Å². The molecule has 1 saturated heterocycles. The molecule has 1 aliphatic carbocycles. The van der Waals surface area contributed by atoms with Crippen molar-refractivity contribution in [3.63, 3.8) is 0 Å². The van der Waals surface area contributed by atoms with Crippen molar-refractivity contribution in [2.75, 3.05) is 13.1 Å². The average molecular weight is 262 g/mol. The van der Waals surface area contributed by atoms with Crippen LogP contribution in [0.4, 0.5) is 0 Å². The number of hydrogen-bond acceptors (Lipinski definition) is 3. The molecule has 0 N–H and O–H groups in total. The molecule has 0 radical (unpaired) electrons. The Morgan fingerprint density at radius 2 is 2.05 bits per heavy atom. The minimum absolute atomic E-state index is 0.234. The Kier molecular flexibility index (Phi) is 2.87. The van der Waals surface area contributed by atoms with E-state index in [-0.39, 0.29) is 11.3 Å². The summed E-state index contributed by atoms with van der Waals surface area (Å²) in [6.07, 6.45) is 5.55. The van der Waals surface area contributed by atoms with Crippen molar-refractivity contribution in [3.05, 3.63) is 11.9 Å². The summed E-state index contributed by atoms with van der Waals surface area (Å²) in [4.78, 5) is 14.2. The van der Waals surface area contributed by atoms with E-state index in [9.17, 15) is 4.79 Å². The van der Waals surface area contributed by atoms with Gasteiger partial charge in [-0.2, -0.15) is 0 Å². The molecule has 0 aromatic carbocycles. The average Bonchev–Trinajstić information content (AvgIpc) is 2.91. The summed E-state index contributed by atoms with van der Waals surface area (Å²) in [6, 6.07) is 0.297. The monoisotopic (exact) mass is 262 g/mol. The molecule has 19 heavy (non-hydrogen) atoms. The maximum absolute atomic E-state index is 12.2. The number of carbonyl (C=O) groups is 1. The number of nitrogens with zero attached hydrogens (tertiary/aromatic N) is 4. The first-order valence-electron chi connectivity index (χ1n) is 7.16. The van der Waals surface area contributed by atoms with Gasteiger partial charge in [0.25, 0.3) is 0 Å². The fraction of sp³-hybridized carbons (Fsp3) is 0.786. The van der Waals surface area contributed by atoms with Gasteiger partial charge in [-0.05, 0) is 19.3 Å². The molecule has 0 spiro atoms. The third kappa shape index (κ3) is 2.51. The second kappa shape index (κ2) is 4.32. The lowest BCUT2D eigenvalue weighted by Crippen LogP contribution is -2.38. The number of amides is 1. The second-order valence-corrected chi connectivity index (χ2v) is 6.84. The van der Waals surface area contributed by atoms with Crippen LogP contribution in [0, 0.1) is 5.41 Å². The van der Waals surface area contributed by atoms with E-state index in [1.807, 2.05) is 30.4 Å². The first-order valence-corrected chi connectivity index (χ1v) is 7.16. The van der Waals surface area contributed by atoms with Gasteiger partial charge >= 0.3 is 0 Å². The highest BCUT2D eigenvalue weighted by molar-refractivity contribution is 5.81. The van der Waals surface area contributed by atoms with Gasteiger partial charge in [-0.15, -0.1) is 5.10 Å². The van der Waals surface area contributed by atoms with Crippen LogP contribution in [0.5, 0.6) is 0 Å². The zero-order valence-electron chi connectivity index (χ0n) is 12.0. The van der Waals surface area contributed by atoms with E-state index in [1.165, 1.54) is 12.8 Å². The molecule has 2 aliphatic rings. The minimum Gasteiger partial charge on any atom is -0.340 e. The van der Waals surface area contributed by atoms with E-state index in [0.29, 0.717) is 12.0 Å². The van der Waals surface area contributed by atoms with Gasteiger partial charge in [-0.1, -0.05) is 26.0 Å². The quantitative estimate of drug-likeness (QED) is 0.819. The second-order valence-electron chi connectivity index (χ2n) is 6.84. The van der Waals surface area contributed by atoms with Gasteiger partial charge in [0.05, 0.1) is 11.7 Å². The normalized spacial score (nSPS) is 23.9. The molecule has 1 atom stereocenters. The molecule has 2 fully saturated rings. The van der Waals surface area contributed by atoms with E-state index < -0.39 is 0 Å². The number of hydrogen-bond donors (Lipinski definition) is 0. The lowest BCUT2D eigenvalue weighted by Gasteiger charge is -2.25. The summed E-state index contributed by atoms with van der Waals surface area (Å²) in [7, 11) is 0. The highest BCUT2D eigenvalue weighted by atomic mass is 16.2. The SMILES string of the molecule is CC(C)(C)C(=O)N1CCC(n2cc(C3CC3)nn2)C1. The third-order valence-electron chi connectivity index (χ3n) is 3.99. The Morgan fingerprint density at radius 1 is 1.32 bits per heavy atom. The molecule has 1 unspecified atom stereocenters. The van der Waals surface area contributed by atoms with Crippen LogP contribution in [0.1, 0.15) is 57.7 Å². The fourth-order valence-corrected chi connectivity index (χ4v) is 2.65. The molecule has 5 nitrogen and oxygen atoms in total. The fourth-order valence-electron chi connectivity index (χ4n) is 2.65. The number of aromatic nitrogens is 3. The molecule has 1 amide bonds. The van der Waals surface area contributed by atoms with Gasteiger partial charge in [0, 0.05) is 30.6 Å². The highest BCUT2D eigenvalue weighted by Crippen LogP contribution is 2.39. The van der Waals surface area contributed by atoms with Crippen molar-refractivity contribution < 1.29 is 4.79 Å². The van der Waals surface area contributed by atoms with Crippen LogP contribution in [0.15, 0.2) is 6.20 Å². The Labute approximate surface area is 114 Å². The van der Waals surface area contributed by atoms with E-state index in [4.69, 9.17) is 0 Å². The molecule has 2 heterocycles. The molecule has 5 heteroatoms. The molecular formula is C14H22N4O. The van der Waals surface area contributed by atoms with Gasteiger partial charge < -0.3 is 4.90 Å². The standard InChI is InChI=1S/C14H22N4O/c1-14(2,3)13(19)17-7-6-11(8-17)18-9-12(15-16-18)10-4-5-10/h9-11H,4-8H2,1-3H3. The van der Waals surface area contributed by atoms with E-state index >= 15 is 0 Å². The zero-order chi connectivity index (χ0) is 13.6. The highest BCUT2D eigenvalue weighted by Gasteiger charge is 2.34. The van der Waals surface area contributed by atoms with Crippen molar-refractivity contribution in [2.24, 2.45) is 5.41 Å². The van der Waals surface area contributed by atoms with Crippen LogP contribution in [-0.2, 0) is 4.79 Å². The lowest BCUT2D eigenvalue weighted by molar-refractivity contribution is -0.138. The number of likely N-dealkylation sites (tertiary alicyclic amines) is 1. The van der Waals surface area contributed by atoms with Gasteiger partial charge in [0.15, 0.2) is 0 Å². The predicted octanol–water partition coefficient (Wildman–Crippen LogP) is 1.98. The zero-order valence-corrected chi connectivity index (χ0v) is 12.0. The maximum Gasteiger partial charge on any atom is 0.228 e. The van der Waals surface area contributed by atoms with Gasteiger partial charge in [-0.3, -0.25) is 4.79 Å². The van der Waals surface area contributed by atoms with Crippen molar-refractivity contribution in [1.82, 2.24) is 19.9 Å². The molecule has 3 rings (SSSR count). The van der Waals surface area contributed by atoms with Crippen LogP contribution in [0.2, 0.25) is 0 Å². The van der Waals surface area contributed by atoms with Crippen molar-refractivity contribution in [2.45, 2.75) is 52.0 Å². The maximum atomic E-state index is 12.2. The van der Waals surface area contributed by atoms with Crippen LogP contribution >= 0.6 is 0 Å². The minimum atomic E-state index is -0.295. The summed E-state index contributed by atoms with van der Waals surface area (Å²) in [5.41, 5.74) is 0.830. The van der Waals surface area contributed by atoms with Crippen molar-refractivity contribution in [3.8, 4) is 0 Å². The predicted molar refractivity (Wildman–Crippen MR) is 71.7 cm³/mol. The smallest absolute Gasteiger partial charge is 0.228 e. The van der Waals surface area contributed by atoms with Gasteiger partial charge in [0.1, 0.15) is 0 Å². The molecule has 1 aromatic rings. The van der Waals surface area contributed by atoms with Gasteiger partial charge in [0.2, 0.25) is 5.91 Å². The van der Waals surface area contributed by atoms with Gasteiger partial charge in [-0.25, -0.2) is 4.68 Å². The van der Waals surface area contributed by atoms with E-state index in [2.05, 4.69) is 16.5 Å². The Balaban J connectivity index is 1.66. The topological polar surface area (TPSA) is 51.0 Å². The van der Waals surface area contributed by atoms with Crippen molar-refractivity contribution >= 4 is 5.91 Å². The summed E-state index contributed by atoms with van der Waals surface area (Å²) in [5, 5.41) is 8.50. The summed E-state index contributed by atoms with van der Waals surface area (Å²) in [6.45, 7) is 7.53. The van der Waals surface area contributed by atoms with E-state index in [0.717, 1.165) is 25.2 Å². The molecule has 104 valence electrons. The molecule has 1 aromatic heterocycles. The summed E-state index contributed by atoms with van der Waals surface area (Å²) >= 11 is 0. The van der Waals surface area contributed by atoms with Crippen LogP contribution in [0.3, 0.4) is 0 Å². The third-order valence-corrected chi connectivity index (χ3v) is 3.99. The first-order chi connectivity index (χ1) is 8.95. The number of rotatable bonds is 2. The summed E-state index contributed by atoms with van der Waals surface area (Å²) < 4.78 is 1.96. The summed E-state index contributed by atoms with van der Waals surface area (Å²) in [5.74, 6) is 0.875. The van der Waals surface area contributed by atoms with Crippen molar-refractivity contribution in [1.29, 1.82) is 0 Å². The largest absolute Gasteiger partial charge is 0.340 e. The Bertz CT molecular complexity index is 484. The lowest BCUT2D eigenvalue weighted by atomic mass is 9.95. The Hall–Kier alpha value is -1.39. The molecule has 1 aliphatic heterocycles. The molecular weight excluding hydrogens is 240 g/mol. The van der Waals surface area contributed by atoms with Crippen LogP contribution in [-0.4, -0.2) is 38.9 Å². The van der Waals surface area contributed by atoms with Crippen LogP contribution in [0.25, 0.3) is 0 Å². The first kappa shape index (κ1) is 12.6. The van der Waals surface area contributed by atoms with Crippen LogP contribution < -0.4 is 0 Å². The Morgan fingerprint density at radius 3 is 2.68 bits per heavy atom. The molecule has 0 bridgehead atoms.